The quantitative estimate of drug-likeness (QED) is 0.616. The molecule has 0 aliphatic carbocycles. The number of aryl methyl sites for hydroxylation is 1. The van der Waals surface area contributed by atoms with E-state index in [2.05, 4.69) is 9.97 Å². The van der Waals surface area contributed by atoms with Gasteiger partial charge in [-0.05, 0) is 19.1 Å². The van der Waals surface area contributed by atoms with E-state index < -0.39 is 52.0 Å². The molecular weight excluding hydrogens is 336 g/mol. The minimum atomic E-state index is -1.81. The van der Waals surface area contributed by atoms with E-state index >= 15 is 0 Å². The fourth-order valence-corrected chi connectivity index (χ4v) is 2.25. The molecule has 10 nitrogen and oxygen atoms in total. The number of pyridine rings is 2. The third-order valence-electron chi connectivity index (χ3n) is 3.17. The zero-order valence-electron chi connectivity index (χ0n) is 12.5. The average molecular weight is 346 g/mol. The van der Waals surface area contributed by atoms with E-state index in [0.717, 1.165) is 0 Å². The zero-order valence-corrected chi connectivity index (χ0v) is 12.5. The van der Waals surface area contributed by atoms with Gasteiger partial charge in [-0.25, -0.2) is 24.2 Å². The second-order valence-electron chi connectivity index (χ2n) is 4.82. The third kappa shape index (κ3) is 3.13. The van der Waals surface area contributed by atoms with Gasteiger partial charge >= 0.3 is 23.9 Å². The summed E-state index contributed by atoms with van der Waals surface area (Å²) >= 11 is 0. The average Bonchev–Trinajstić information content (AvgIpc) is 2.52. The summed E-state index contributed by atoms with van der Waals surface area (Å²) < 4.78 is 0. The summed E-state index contributed by atoms with van der Waals surface area (Å²) in [6, 6.07) is 4.23. The molecule has 0 saturated heterocycles. The Morgan fingerprint density at radius 3 is 1.60 bits per heavy atom. The molecule has 0 amide bonds. The highest BCUT2D eigenvalue weighted by atomic mass is 16.4. The number of hydrogen-bond donors (Lipinski definition) is 4. The van der Waals surface area contributed by atoms with E-state index in [1.54, 1.807) is 13.0 Å². The molecule has 0 unspecified atom stereocenters. The molecule has 0 radical (unpaired) electrons. The Morgan fingerprint density at radius 1 is 0.760 bits per heavy atom. The first-order valence-corrected chi connectivity index (χ1v) is 6.60. The van der Waals surface area contributed by atoms with Crippen LogP contribution in [-0.2, 0) is 0 Å². The predicted octanol–water partition coefficient (Wildman–Crippen LogP) is 1.24. The third-order valence-corrected chi connectivity index (χ3v) is 3.17. The molecule has 0 atom stereocenters. The van der Waals surface area contributed by atoms with Crippen molar-refractivity contribution in [3.63, 3.8) is 0 Å². The molecular formula is C15H10N2O8. The lowest BCUT2D eigenvalue weighted by Crippen LogP contribution is -2.21. The summed E-state index contributed by atoms with van der Waals surface area (Å²) in [5.41, 5.74) is -4.52. The van der Waals surface area contributed by atoms with Gasteiger partial charge in [0, 0.05) is 11.3 Å². The van der Waals surface area contributed by atoms with Crippen molar-refractivity contribution in [2.24, 2.45) is 0 Å². The number of carboxylic acid groups (broad SMARTS) is 4. The second-order valence-corrected chi connectivity index (χ2v) is 4.82. The summed E-state index contributed by atoms with van der Waals surface area (Å²) in [6.45, 7) is 1.54. The van der Waals surface area contributed by atoms with Crippen LogP contribution in [-0.4, -0.2) is 54.3 Å². The Hall–Kier alpha value is -3.82. The van der Waals surface area contributed by atoms with Gasteiger partial charge in [0.25, 0.3) is 0 Å². The minimum absolute atomic E-state index is 0.192. The molecule has 10 heteroatoms. The van der Waals surface area contributed by atoms with Crippen LogP contribution in [0.3, 0.4) is 0 Å². The smallest absolute Gasteiger partial charge is 0.355 e. The number of rotatable bonds is 5. The maximum atomic E-state index is 11.6. The lowest BCUT2D eigenvalue weighted by Gasteiger charge is -2.14. The molecule has 2 rings (SSSR count). The summed E-state index contributed by atoms with van der Waals surface area (Å²) in [5.74, 6) is -7.18. The second kappa shape index (κ2) is 6.35. The van der Waals surface area contributed by atoms with Crippen molar-refractivity contribution >= 4 is 23.9 Å². The number of aromatic carboxylic acids is 4. The van der Waals surface area contributed by atoms with Gasteiger partial charge in [0.05, 0.1) is 5.69 Å². The largest absolute Gasteiger partial charge is 0.478 e. The van der Waals surface area contributed by atoms with Crippen molar-refractivity contribution < 1.29 is 39.6 Å². The highest BCUT2D eigenvalue weighted by Gasteiger charge is 2.34. The predicted molar refractivity (Wildman–Crippen MR) is 80.0 cm³/mol. The van der Waals surface area contributed by atoms with Crippen LogP contribution in [0.5, 0.6) is 0 Å². The first-order valence-electron chi connectivity index (χ1n) is 6.60. The fraction of sp³-hybridized carbons (Fsp3) is 0.0667. The standard InChI is InChI=1S/C15H10N2O8/c1-5-3-2-4-6(16-5)7-8(12(18)19)10(14(22)23)17-11(15(24)25)9(7)13(20)21/h2-4H,1H3,(H,18,19)(H,20,21)(H,22,23)(H,24,25). The van der Waals surface area contributed by atoms with Crippen LogP contribution >= 0.6 is 0 Å². The summed E-state index contributed by atoms with van der Waals surface area (Å²) in [4.78, 5) is 53.1. The summed E-state index contributed by atoms with van der Waals surface area (Å²) in [7, 11) is 0. The highest BCUT2D eigenvalue weighted by Crippen LogP contribution is 2.31. The van der Waals surface area contributed by atoms with E-state index in [1.807, 2.05) is 0 Å². The monoisotopic (exact) mass is 346 g/mol. The lowest BCUT2D eigenvalue weighted by atomic mass is 9.94. The molecule has 0 spiro atoms. The van der Waals surface area contributed by atoms with Gasteiger partial charge in [-0.1, -0.05) is 6.07 Å². The first-order chi connectivity index (χ1) is 11.6. The van der Waals surface area contributed by atoms with Crippen LogP contribution in [0.2, 0.25) is 0 Å². The number of carbonyl (C=O) groups is 4. The molecule has 2 aromatic rings. The van der Waals surface area contributed by atoms with Crippen LogP contribution in [0.1, 0.15) is 47.4 Å². The molecule has 2 aromatic heterocycles. The molecule has 0 aliphatic rings. The molecule has 2 heterocycles. The molecule has 25 heavy (non-hydrogen) atoms. The fourth-order valence-electron chi connectivity index (χ4n) is 2.25. The Bertz CT molecular complexity index is 885. The van der Waals surface area contributed by atoms with Crippen molar-refractivity contribution in [2.75, 3.05) is 0 Å². The van der Waals surface area contributed by atoms with E-state index in [0.29, 0.717) is 5.69 Å². The molecule has 0 aliphatic heterocycles. The lowest BCUT2D eigenvalue weighted by molar-refractivity contribution is 0.0627. The summed E-state index contributed by atoms with van der Waals surface area (Å²) in [6.07, 6.45) is 0. The number of aromatic nitrogens is 2. The van der Waals surface area contributed by atoms with Crippen LogP contribution in [0.4, 0.5) is 0 Å². The minimum Gasteiger partial charge on any atom is -0.478 e. The Morgan fingerprint density at radius 2 is 1.24 bits per heavy atom. The highest BCUT2D eigenvalue weighted by molar-refractivity contribution is 6.13. The molecule has 4 N–H and O–H groups in total. The van der Waals surface area contributed by atoms with E-state index in [-0.39, 0.29) is 5.69 Å². The first kappa shape index (κ1) is 17.5. The number of carboxylic acids is 4. The van der Waals surface area contributed by atoms with Gasteiger partial charge in [-0.15, -0.1) is 0 Å². The van der Waals surface area contributed by atoms with Gasteiger partial charge in [-0.2, -0.15) is 0 Å². The molecule has 0 bridgehead atoms. The van der Waals surface area contributed by atoms with Crippen LogP contribution < -0.4 is 0 Å². The molecule has 0 saturated carbocycles. The SMILES string of the molecule is Cc1cccc(-c2c(C(=O)O)c(C(=O)O)nc(C(=O)O)c2C(=O)O)n1. The van der Waals surface area contributed by atoms with Gasteiger partial charge in [0.1, 0.15) is 11.1 Å². The molecule has 0 fully saturated rings. The summed E-state index contributed by atoms with van der Waals surface area (Å²) in [5, 5.41) is 37.2. The van der Waals surface area contributed by atoms with Crippen molar-refractivity contribution in [3.8, 4) is 11.3 Å². The van der Waals surface area contributed by atoms with Crippen LogP contribution in [0.15, 0.2) is 18.2 Å². The van der Waals surface area contributed by atoms with Gasteiger partial charge in [0.15, 0.2) is 11.4 Å². The van der Waals surface area contributed by atoms with E-state index in [4.69, 9.17) is 0 Å². The Balaban J connectivity index is 3.13. The van der Waals surface area contributed by atoms with Crippen LogP contribution in [0, 0.1) is 6.92 Å². The van der Waals surface area contributed by atoms with Gasteiger partial charge < -0.3 is 20.4 Å². The van der Waals surface area contributed by atoms with E-state index in [1.165, 1.54) is 12.1 Å². The Labute approximate surface area is 139 Å². The van der Waals surface area contributed by atoms with Crippen molar-refractivity contribution in [3.05, 3.63) is 46.4 Å². The number of nitrogens with zero attached hydrogens (tertiary/aromatic N) is 2. The van der Waals surface area contributed by atoms with Gasteiger partial charge in [-0.3, -0.25) is 4.98 Å². The Kier molecular flexibility index (Phi) is 4.46. The maximum Gasteiger partial charge on any atom is 0.355 e. The van der Waals surface area contributed by atoms with Crippen molar-refractivity contribution in [2.45, 2.75) is 6.92 Å². The van der Waals surface area contributed by atoms with Crippen LogP contribution in [0.25, 0.3) is 11.3 Å². The zero-order chi connectivity index (χ0) is 18.9. The normalized spacial score (nSPS) is 10.3. The molecule has 128 valence electrons. The maximum absolute atomic E-state index is 11.6. The van der Waals surface area contributed by atoms with Crippen molar-refractivity contribution in [1.29, 1.82) is 0 Å². The van der Waals surface area contributed by atoms with Gasteiger partial charge in [0.2, 0.25) is 0 Å². The topological polar surface area (TPSA) is 175 Å². The van der Waals surface area contributed by atoms with Crippen molar-refractivity contribution in [1.82, 2.24) is 9.97 Å². The van der Waals surface area contributed by atoms with E-state index in [9.17, 15) is 39.6 Å². The molecule has 0 aromatic carbocycles. The number of hydrogen-bond acceptors (Lipinski definition) is 6.